The molecule has 0 amide bonds. The Labute approximate surface area is 636 Å². The Balaban J connectivity index is 0.000000487. The van der Waals surface area contributed by atoms with Crippen LogP contribution in [0.1, 0.15) is 339 Å². The van der Waals surface area contributed by atoms with E-state index in [1.54, 1.807) is 0 Å². The van der Waals surface area contributed by atoms with Gasteiger partial charge < -0.3 is 0 Å². The van der Waals surface area contributed by atoms with Gasteiger partial charge in [0.15, 0.2) is 75.6 Å². The molecule has 0 aliphatic heterocycles. The number of halogens is 20. The zero-order valence-electron chi connectivity index (χ0n) is 64.6. The highest BCUT2D eigenvalue weighted by molar-refractivity contribution is 7.76. The summed E-state index contributed by atoms with van der Waals surface area (Å²) < 4.78 is 294. The van der Waals surface area contributed by atoms with Crippen LogP contribution in [0.5, 0.6) is 0 Å². The molecule has 0 aliphatic carbocycles. The van der Waals surface area contributed by atoms with Crippen LogP contribution in [0.4, 0.5) is 87.8 Å². The maximum absolute atomic E-state index is 15.4. The minimum Gasteiger partial charge on any atom is -0.290 e. The Morgan fingerprint density at radius 1 is 0.220 bits per heavy atom. The Morgan fingerprint density at radius 2 is 0.367 bits per heavy atom. The van der Waals surface area contributed by atoms with Gasteiger partial charge in [0.25, 0.3) is 0 Å². The highest BCUT2D eigenvalue weighted by Gasteiger charge is 2.52. The molecule has 0 atom stereocenters. The molecular formula is C86H118BF20OP. The second-order valence-corrected chi connectivity index (χ2v) is 34.5. The van der Waals surface area contributed by atoms with Crippen molar-refractivity contribution in [2.45, 2.75) is 329 Å². The number of ketones is 1. The van der Waals surface area contributed by atoms with E-state index in [0.717, 1.165) is 11.7 Å². The minimum absolute atomic E-state index is 0.457. The summed E-state index contributed by atoms with van der Waals surface area (Å²) in [4.78, 5) is 14.0. The first-order valence-corrected chi connectivity index (χ1v) is 43.6. The maximum atomic E-state index is 15.4. The summed E-state index contributed by atoms with van der Waals surface area (Å²) in [6, 6.07) is 10.4. The number of rotatable bonds is 58. The molecule has 0 spiro atoms. The molecule has 0 aromatic heterocycles. The van der Waals surface area contributed by atoms with Crippen LogP contribution in [-0.4, -0.2) is 36.6 Å². The zero-order valence-corrected chi connectivity index (χ0v) is 65.5. The van der Waals surface area contributed by atoms with Crippen LogP contribution in [0.25, 0.3) is 0 Å². The molecule has 616 valence electrons. The van der Waals surface area contributed by atoms with E-state index in [4.69, 9.17) is 0 Å². The van der Waals surface area contributed by atoms with E-state index in [1.165, 1.54) is 327 Å². The molecular weight excluding hydrogens is 1470 g/mol. The first kappa shape index (κ1) is 96.2. The van der Waals surface area contributed by atoms with Gasteiger partial charge >= 0.3 is 0 Å². The first-order valence-electron chi connectivity index (χ1n) is 41.0. The Hall–Kier alpha value is -5.14. The van der Waals surface area contributed by atoms with Gasteiger partial charge in [-0.25, -0.2) is 87.8 Å². The molecule has 5 rings (SSSR count). The van der Waals surface area contributed by atoms with E-state index in [9.17, 15) is 57.5 Å². The van der Waals surface area contributed by atoms with Gasteiger partial charge in [-0.05, 0) is 38.5 Å². The monoisotopic (exact) mass is 1590 g/mol. The van der Waals surface area contributed by atoms with Gasteiger partial charge in [-0.3, -0.25) is 4.79 Å². The molecule has 0 aliphatic rings. The fraction of sp³-hybridized carbons (Fsp3) is 0.640. The summed E-state index contributed by atoms with van der Waals surface area (Å²) in [5, 5.41) is 0. The lowest BCUT2D eigenvalue weighted by molar-refractivity contribution is 0.102. The van der Waals surface area contributed by atoms with Crippen LogP contribution < -0.4 is 21.9 Å². The van der Waals surface area contributed by atoms with Crippen LogP contribution >= 0.6 is 7.26 Å². The highest BCUT2D eigenvalue weighted by atomic mass is 31.2. The lowest BCUT2D eigenvalue weighted by Gasteiger charge is -2.44. The maximum Gasteiger partial charge on any atom is 0.200 e. The van der Waals surface area contributed by atoms with Crippen molar-refractivity contribution in [3.8, 4) is 0 Å². The van der Waals surface area contributed by atoms with Crippen molar-refractivity contribution < 1.29 is 92.6 Å². The van der Waals surface area contributed by atoms with E-state index >= 15 is 35.1 Å². The summed E-state index contributed by atoms with van der Waals surface area (Å²) in [7, 11) is -1.33. The number of carbonyl (C=O) groups is 1. The van der Waals surface area contributed by atoms with Crippen LogP contribution in [-0.2, 0) is 0 Å². The van der Waals surface area contributed by atoms with Crippen molar-refractivity contribution in [3.05, 3.63) is 152 Å². The normalized spacial score (nSPS) is 11.9. The molecule has 0 N–H and O–H groups in total. The number of carbonyl (C=O) groups excluding carboxylic acids is 1. The molecule has 1 nitrogen and oxygen atoms in total. The molecule has 0 heterocycles. The summed E-state index contributed by atoms with van der Waals surface area (Å²) in [5.74, 6) is -70.9. The topological polar surface area (TPSA) is 17.1 Å². The predicted molar refractivity (Wildman–Crippen MR) is 405 cm³/mol. The van der Waals surface area contributed by atoms with Crippen LogP contribution in [0.3, 0.4) is 0 Å². The van der Waals surface area contributed by atoms with Crippen LogP contribution in [0.2, 0.25) is 0 Å². The third kappa shape index (κ3) is 29.3. The van der Waals surface area contributed by atoms with Gasteiger partial charge in [-0.1, -0.05) is 321 Å². The predicted octanol–water partition coefficient (Wildman–Crippen LogP) is 28.5. The Bertz CT molecular complexity index is 2970. The van der Waals surface area contributed by atoms with Gasteiger partial charge in [-0.15, -0.1) is 21.9 Å². The molecule has 5 aromatic carbocycles. The number of hydrogen-bond donors (Lipinski definition) is 0. The van der Waals surface area contributed by atoms with Crippen LogP contribution in [0, 0.1) is 116 Å². The van der Waals surface area contributed by atoms with E-state index in [2.05, 4.69) is 51.1 Å². The van der Waals surface area contributed by atoms with Gasteiger partial charge in [-0.2, -0.15) is 0 Å². The fourth-order valence-corrected chi connectivity index (χ4v) is 20.1. The van der Waals surface area contributed by atoms with E-state index in [1.807, 2.05) is 0 Å². The lowest BCUT2D eigenvalue weighted by Crippen LogP contribution is -2.81. The quantitative estimate of drug-likeness (QED) is 0.00721. The summed E-state index contributed by atoms with van der Waals surface area (Å²) in [5.41, 5.74) is -13.4. The number of benzene rings is 5. The smallest absolute Gasteiger partial charge is 0.200 e. The van der Waals surface area contributed by atoms with Crippen molar-refractivity contribution in [3.63, 3.8) is 0 Å². The molecule has 0 unspecified atom stereocenters. The fourth-order valence-electron chi connectivity index (χ4n) is 15.5. The van der Waals surface area contributed by atoms with E-state index < -0.39 is 152 Å². The molecule has 23 heteroatoms. The van der Waals surface area contributed by atoms with Crippen LogP contribution in [0.15, 0.2) is 30.3 Å². The van der Waals surface area contributed by atoms with E-state index in [0.29, 0.717) is 5.78 Å². The third-order valence-corrected chi connectivity index (χ3v) is 26.5. The minimum atomic E-state index is -7.22. The van der Waals surface area contributed by atoms with Crippen molar-refractivity contribution >= 4 is 41.0 Å². The summed E-state index contributed by atoms with van der Waals surface area (Å²) >= 11 is 0. The van der Waals surface area contributed by atoms with Crippen molar-refractivity contribution in [1.82, 2.24) is 0 Å². The SMILES string of the molecule is CCCCCCCCCCCCCCCCCC[P+](CCCCCCCCCCCCCCCCCC)(CCCCCCCCCCCCCCCCCC)CC(=O)c1ccccc1.Fc1c(F)c(F)c([B-](c2c(F)c(F)c(F)c(F)c2F)(c2c(F)c(F)c(F)c(F)c2F)c2c(F)c(F)c(F)c(F)c2F)c(F)c1F. The first-order chi connectivity index (χ1) is 52.4. The number of Topliss-reactive ketones (excluding diaryl/α,β-unsaturated/α-hetero) is 1. The number of unbranched alkanes of at least 4 members (excludes halogenated alkanes) is 45. The molecule has 0 bridgehead atoms. The van der Waals surface area contributed by atoms with Crippen molar-refractivity contribution in [2.24, 2.45) is 0 Å². The van der Waals surface area contributed by atoms with Gasteiger partial charge in [0.1, 0.15) is 58.8 Å². The standard InChI is InChI=1S/C62H118OP.C24BF20/c1-4-7-10-13-16-19-22-25-28-31-34-37-40-43-46-52-57-64(60-62(63)61-55-50-49-51-56-61,58-53-47-44-41-38-35-32-29-26-23-20-17-14-11-8-5-2)59-54-48-45-42-39-36-33-30-27-24-21-18-15-12-9-6-3;26-5-1(6(27)14(35)21(42)13(5)34)25(2-7(28)15(36)22(43)16(37)8(2)29,3-9(30)17(38)23(44)18(39)10(3)31)4-11(32)19(40)24(45)20(41)12(4)33/h49-51,55-56H,4-48,52-54,57-60H2,1-3H3;/q+1;-1. The van der Waals surface area contributed by atoms with Gasteiger partial charge in [0.2, 0.25) is 0 Å². The second-order valence-electron chi connectivity index (χ2n) is 30.2. The summed E-state index contributed by atoms with van der Waals surface area (Å²) in [6.07, 6.45) is 66.5. The average Bonchev–Trinajstić information content (AvgIpc) is 0.681. The average molecular weight is 1590 g/mol. The number of hydrogen-bond acceptors (Lipinski definition) is 1. The lowest BCUT2D eigenvalue weighted by atomic mass is 9.12. The van der Waals surface area contributed by atoms with Gasteiger partial charge in [0.05, 0.1) is 18.5 Å². The molecule has 0 fully saturated rings. The van der Waals surface area contributed by atoms with Gasteiger partial charge in [0, 0.05) is 12.8 Å². The molecule has 109 heavy (non-hydrogen) atoms. The Kier molecular flexibility index (Phi) is 46.8. The third-order valence-electron chi connectivity index (χ3n) is 21.7. The Morgan fingerprint density at radius 3 is 0.532 bits per heavy atom. The molecule has 0 saturated carbocycles. The second kappa shape index (κ2) is 53.0. The molecule has 0 radical (unpaired) electrons. The van der Waals surface area contributed by atoms with Crippen molar-refractivity contribution in [1.29, 1.82) is 0 Å². The largest absolute Gasteiger partial charge is 0.290 e. The van der Waals surface area contributed by atoms with E-state index in [-0.39, 0.29) is 0 Å². The van der Waals surface area contributed by atoms with Crippen molar-refractivity contribution in [2.75, 3.05) is 24.6 Å². The highest BCUT2D eigenvalue weighted by Crippen LogP contribution is 2.61. The molecule has 0 saturated heterocycles. The zero-order chi connectivity index (χ0) is 80.3. The molecule has 5 aromatic rings. The summed E-state index contributed by atoms with van der Waals surface area (Å²) in [6.45, 7) is 6.94.